The van der Waals surface area contributed by atoms with E-state index < -0.39 is 11.5 Å². The topological polar surface area (TPSA) is 117 Å². The van der Waals surface area contributed by atoms with Gasteiger partial charge in [0.05, 0.1) is 29.5 Å². The molecule has 3 aromatic rings. The largest absolute Gasteiger partial charge is 0.372 e. The number of aromatic nitrogens is 2. The number of nitrogens with zero attached hydrogens (tertiary/aromatic N) is 4. The van der Waals surface area contributed by atoms with Crippen LogP contribution in [0.4, 0.5) is 5.69 Å². The van der Waals surface area contributed by atoms with Crippen LogP contribution in [0.25, 0.3) is 11.3 Å². The molecule has 0 saturated carbocycles. The molecule has 2 amide bonds. The maximum atomic E-state index is 13.1. The van der Waals surface area contributed by atoms with Gasteiger partial charge in [0.15, 0.2) is 0 Å². The molecular weight excluding hydrogens is 482 g/mol. The predicted octanol–water partition coefficient (Wildman–Crippen LogP) is 3.32. The molecular formula is C26H24ClN5O4. The van der Waals surface area contributed by atoms with E-state index in [1.54, 1.807) is 35.2 Å². The Hall–Kier alpha value is -4.00. The molecule has 2 aromatic carbocycles. The predicted molar refractivity (Wildman–Crippen MR) is 135 cm³/mol. The molecule has 2 heterocycles. The summed E-state index contributed by atoms with van der Waals surface area (Å²) in [6.07, 6.45) is -0.212. The normalized spacial score (nSPS) is 17.3. The first-order valence-electron chi connectivity index (χ1n) is 11.4. The number of rotatable bonds is 5. The first-order valence-corrected chi connectivity index (χ1v) is 11.7. The number of hydrogen-bond acceptors (Lipinski definition) is 6. The number of carbonyl (C=O) groups is 2. The van der Waals surface area contributed by atoms with Crippen LogP contribution in [-0.4, -0.2) is 51.8 Å². The highest BCUT2D eigenvalue weighted by molar-refractivity contribution is 6.30. The lowest BCUT2D eigenvalue weighted by molar-refractivity contribution is -0.117. The van der Waals surface area contributed by atoms with Gasteiger partial charge in [0, 0.05) is 41.0 Å². The monoisotopic (exact) mass is 505 g/mol. The van der Waals surface area contributed by atoms with Gasteiger partial charge in [0.1, 0.15) is 6.54 Å². The summed E-state index contributed by atoms with van der Waals surface area (Å²) in [5.74, 6) is -0.780. The van der Waals surface area contributed by atoms with Crippen LogP contribution in [0.3, 0.4) is 0 Å². The summed E-state index contributed by atoms with van der Waals surface area (Å²) in [6.45, 7) is 4.30. The van der Waals surface area contributed by atoms with E-state index in [1.807, 2.05) is 19.9 Å². The van der Waals surface area contributed by atoms with Crippen molar-refractivity contribution in [1.29, 1.82) is 5.26 Å². The molecule has 0 unspecified atom stereocenters. The number of ether oxygens (including phenoxy) is 1. The second kappa shape index (κ2) is 10.7. The van der Waals surface area contributed by atoms with E-state index in [0.29, 0.717) is 23.8 Å². The summed E-state index contributed by atoms with van der Waals surface area (Å²) in [5.41, 5.74) is 1.59. The number of hydrogen-bond donors (Lipinski definition) is 1. The van der Waals surface area contributed by atoms with Crippen LogP contribution in [0, 0.1) is 11.3 Å². The molecule has 4 rings (SSSR count). The molecule has 1 fully saturated rings. The van der Waals surface area contributed by atoms with Crippen molar-refractivity contribution in [3.05, 3.63) is 81.1 Å². The average molecular weight is 506 g/mol. The first-order chi connectivity index (χ1) is 17.2. The molecule has 36 heavy (non-hydrogen) atoms. The zero-order chi connectivity index (χ0) is 25.8. The molecule has 1 saturated heterocycles. The van der Waals surface area contributed by atoms with E-state index >= 15 is 0 Å². The standard InChI is InChI=1S/C26H24ClN5O4/c1-16-13-31(14-17(2)36-16)26(35)20-9-18(12-28)10-22(11-20)29-24(33)15-32-25(34)8-7-23(30-32)19-3-5-21(27)6-4-19/h3-11,16-17H,13-15H2,1-2H3,(H,29,33)/t16-,17-/m0/s1. The number of nitrogens with one attached hydrogen (secondary N) is 1. The number of amides is 2. The van der Waals surface area contributed by atoms with Crippen molar-refractivity contribution < 1.29 is 14.3 Å². The Bertz CT molecular complexity index is 1390. The summed E-state index contributed by atoms with van der Waals surface area (Å²) in [7, 11) is 0. The van der Waals surface area contributed by atoms with Gasteiger partial charge in [-0.25, -0.2) is 4.68 Å². The van der Waals surface area contributed by atoms with Crippen LogP contribution in [-0.2, 0) is 16.1 Å². The molecule has 2 atom stereocenters. The zero-order valence-electron chi connectivity index (χ0n) is 19.8. The summed E-state index contributed by atoms with van der Waals surface area (Å²) in [4.78, 5) is 39.9. The third-order valence-corrected chi connectivity index (χ3v) is 5.85. The van der Waals surface area contributed by atoms with E-state index in [4.69, 9.17) is 16.3 Å². The summed E-state index contributed by atoms with van der Waals surface area (Å²) in [6, 6.07) is 16.4. The maximum absolute atomic E-state index is 13.1. The minimum atomic E-state index is -0.528. The lowest BCUT2D eigenvalue weighted by Crippen LogP contribution is -2.48. The van der Waals surface area contributed by atoms with E-state index in [0.717, 1.165) is 10.2 Å². The summed E-state index contributed by atoms with van der Waals surface area (Å²) >= 11 is 5.93. The molecule has 0 radical (unpaired) electrons. The Balaban J connectivity index is 1.52. The Kier molecular flexibility index (Phi) is 7.48. The molecule has 10 heteroatoms. The molecule has 0 bridgehead atoms. The molecule has 1 aromatic heterocycles. The van der Waals surface area contributed by atoms with Crippen LogP contribution in [0.1, 0.15) is 29.8 Å². The van der Waals surface area contributed by atoms with Gasteiger partial charge < -0.3 is 15.0 Å². The Morgan fingerprint density at radius 1 is 1.11 bits per heavy atom. The van der Waals surface area contributed by atoms with E-state index in [9.17, 15) is 19.6 Å². The Labute approximate surface area is 212 Å². The highest BCUT2D eigenvalue weighted by Gasteiger charge is 2.27. The molecule has 1 N–H and O–H groups in total. The van der Waals surface area contributed by atoms with Crippen molar-refractivity contribution >= 4 is 29.1 Å². The van der Waals surface area contributed by atoms with Gasteiger partial charge >= 0.3 is 0 Å². The lowest BCUT2D eigenvalue weighted by atomic mass is 10.1. The van der Waals surface area contributed by atoms with Gasteiger partial charge in [-0.1, -0.05) is 23.7 Å². The molecule has 184 valence electrons. The van der Waals surface area contributed by atoms with Gasteiger partial charge in [-0.2, -0.15) is 10.4 Å². The Morgan fingerprint density at radius 2 is 1.81 bits per heavy atom. The first kappa shape index (κ1) is 25.1. The summed E-state index contributed by atoms with van der Waals surface area (Å²) < 4.78 is 6.74. The third kappa shape index (κ3) is 5.97. The van der Waals surface area contributed by atoms with Crippen LogP contribution >= 0.6 is 11.6 Å². The smallest absolute Gasteiger partial charge is 0.267 e. The highest BCUT2D eigenvalue weighted by atomic mass is 35.5. The van der Waals surface area contributed by atoms with Crippen molar-refractivity contribution in [3.8, 4) is 17.3 Å². The molecule has 0 aliphatic carbocycles. The zero-order valence-corrected chi connectivity index (χ0v) is 20.5. The van der Waals surface area contributed by atoms with Gasteiger partial charge in [0.2, 0.25) is 5.91 Å². The lowest BCUT2D eigenvalue weighted by Gasteiger charge is -2.35. The highest BCUT2D eigenvalue weighted by Crippen LogP contribution is 2.20. The molecule has 0 spiro atoms. The second-order valence-corrected chi connectivity index (χ2v) is 9.08. The third-order valence-electron chi connectivity index (χ3n) is 5.60. The number of morpholine rings is 1. The van der Waals surface area contributed by atoms with Crippen LogP contribution in [0.2, 0.25) is 5.02 Å². The maximum Gasteiger partial charge on any atom is 0.267 e. The number of anilines is 1. The number of benzene rings is 2. The van der Waals surface area contributed by atoms with Crippen molar-refractivity contribution in [2.45, 2.75) is 32.6 Å². The van der Waals surface area contributed by atoms with Crippen molar-refractivity contribution in [2.24, 2.45) is 0 Å². The van der Waals surface area contributed by atoms with Crippen molar-refractivity contribution in [1.82, 2.24) is 14.7 Å². The second-order valence-electron chi connectivity index (χ2n) is 8.65. The van der Waals surface area contributed by atoms with Gasteiger partial charge in [-0.3, -0.25) is 14.4 Å². The number of carbonyl (C=O) groups excluding carboxylic acids is 2. The van der Waals surface area contributed by atoms with Crippen LogP contribution < -0.4 is 10.9 Å². The quantitative estimate of drug-likeness (QED) is 0.568. The Morgan fingerprint density at radius 3 is 2.47 bits per heavy atom. The average Bonchev–Trinajstić information content (AvgIpc) is 2.84. The molecule has 1 aliphatic rings. The van der Waals surface area contributed by atoms with Crippen molar-refractivity contribution in [3.63, 3.8) is 0 Å². The van der Waals surface area contributed by atoms with Gasteiger partial charge in [-0.05, 0) is 50.2 Å². The molecule has 9 nitrogen and oxygen atoms in total. The van der Waals surface area contributed by atoms with E-state index in [2.05, 4.69) is 10.4 Å². The van der Waals surface area contributed by atoms with E-state index in [-0.39, 0.29) is 41.5 Å². The number of nitriles is 1. The number of halogens is 1. The fraction of sp³-hybridized carbons (Fsp3) is 0.269. The summed E-state index contributed by atoms with van der Waals surface area (Å²) in [5, 5.41) is 17.0. The van der Waals surface area contributed by atoms with Crippen LogP contribution in [0.5, 0.6) is 0 Å². The fourth-order valence-corrected chi connectivity index (χ4v) is 4.21. The van der Waals surface area contributed by atoms with E-state index in [1.165, 1.54) is 24.3 Å². The van der Waals surface area contributed by atoms with Crippen molar-refractivity contribution in [2.75, 3.05) is 18.4 Å². The van der Waals surface area contributed by atoms with Gasteiger partial charge in [-0.15, -0.1) is 0 Å². The SMILES string of the molecule is C[C@H]1CN(C(=O)c2cc(C#N)cc(NC(=O)Cn3nc(-c4ccc(Cl)cc4)ccc3=O)c2)C[C@H](C)O1. The fourth-order valence-electron chi connectivity index (χ4n) is 4.09. The molecule has 1 aliphatic heterocycles. The minimum Gasteiger partial charge on any atom is -0.372 e. The minimum absolute atomic E-state index is 0.106. The van der Waals surface area contributed by atoms with Gasteiger partial charge in [0.25, 0.3) is 11.5 Å². The van der Waals surface area contributed by atoms with Crippen LogP contribution in [0.15, 0.2) is 59.4 Å².